The minimum atomic E-state index is -0.191. The zero-order valence-corrected chi connectivity index (χ0v) is 12.8. The zero-order chi connectivity index (χ0) is 14.6. The molecule has 1 aliphatic rings. The summed E-state index contributed by atoms with van der Waals surface area (Å²) < 4.78 is 10.8. The Balaban J connectivity index is 1.95. The van der Waals surface area contributed by atoms with E-state index in [1.54, 1.807) is 7.11 Å². The van der Waals surface area contributed by atoms with Crippen molar-refractivity contribution in [3.63, 3.8) is 0 Å². The topological polar surface area (TPSA) is 47.7 Å². The van der Waals surface area contributed by atoms with Crippen molar-refractivity contribution in [2.75, 3.05) is 33.9 Å². The molecule has 1 aromatic rings. The number of para-hydroxylation sites is 1. The van der Waals surface area contributed by atoms with Crippen molar-refractivity contribution in [3.05, 3.63) is 29.8 Å². The average Bonchev–Trinajstić information content (AvgIpc) is 2.85. The highest BCUT2D eigenvalue weighted by Crippen LogP contribution is 2.22. The average molecular weight is 278 g/mol. The second-order valence-corrected chi connectivity index (χ2v) is 5.95. The van der Waals surface area contributed by atoms with E-state index in [1.165, 1.54) is 5.56 Å². The lowest BCUT2D eigenvalue weighted by Crippen LogP contribution is -2.52. The lowest BCUT2D eigenvalue weighted by Gasteiger charge is -2.32. The van der Waals surface area contributed by atoms with E-state index in [9.17, 15) is 0 Å². The number of benzene rings is 1. The fourth-order valence-corrected chi connectivity index (χ4v) is 2.75. The Morgan fingerprint density at radius 1 is 1.45 bits per heavy atom. The number of nitrogens with zero attached hydrogens (tertiary/aromatic N) is 1. The van der Waals surface area contributed by atoms with Gasteiger partial charge in [-0.2, -0.15) is 0 Å². The minimum absolute atomic E-state index is 0.191. The number of likely N-dealkylation sites (N-methyl/N-ethyl adjacent to an activating group) is 1. The van der Waals surface area contributed by atoms with Crippen molar-refractivity contribution in [3.8, 4) is 5.75 Å². The summed E-state index contributed by atoms with van der Waals surface area (Å²) in [6.07, 6.45) is 1.90. The molecule has 2 rings (SSSR count). The molecule has 4 heteroatoms. The van der Waals surface area contributed by atoms with Gasteiger partial charge >= 0.3 is 0 Å². The van der Waals surface area contributed by atoms with Gasteiger partial charge in [-0.05, 0) is 38.4 Å². The van der Waals surface area contributed by atoms with Gasteiger partial charge in [0.2, 0.25) is 0 Å². The molecule has 2 N–H and O–H groups in total. The lowest BCUT2D eigenvalue weighted by atomic mass is 9.98. The van der Waals surface area contributed by atoms with Gasteiger partial charge in [0.15, 0.2) is 0 Å². The molecule has 0 amide bonds. The van der Waals surface area contributed by atoms with E-state index >= 15 is 0 Å². The van der Waals surface area contributed by atoms with Crippen LogP contribution in [0.1, 0.15) is 18.9 Å². The monoisotopic (exact) mass is 278 g/mol. The van der Waals surface area contributed by atoms with Gasteiger partial charge in [-0.1, -0.05) is 18.2 Å². The molecular weight excluding hydrogens is 252 g/mol. The summed E-state index contributed by atoms with van der Waals surface area (Å²) in [5.74, 6) is 0.958. The fraction of sp³-hybridized carbons (Fsp3) is 0.625. The van der Waals surface area contributed by atoms with Crippen molar-refractivity contribution in [2.24, 2.45) is 5.73 Å². The van der Waals surface area contributed by atoms with Crippen LogP contribution in [-0.2, 0) is 11.2 Å². The van der Waals surface area contributed by atoms with E-state index in [-0.39, 0.29) is 5.54 Å². The van der Waals surface area contributed by atoms with Gasteiger partial charge in [-0.3, -0.25) is 0 Å². The van der Waals surface area contributed by atoms with Crippen LogP contribution in [0, 0.1) is 0 Å². The summed E-state index contributed by atoms with van der Waals surface area (Å²) in [5.41, 5.74) is 7.40. The van der Waals surface area contributed by atoms with Crippen molar-refractivity contribution >= 4 is 0 Å². The van der Waals surface area contributed by atoms with Crippen LogP contribution in [0.4, 0.5) is 0 Å². The van der Waals surface area contributed by atoms with Crippen molar-refractivity contribution in [2.45, 2.75) is 31.3 Å². The van der Waals surface area contributed by atoms with Crippen LogP contribution in [-0.4, -0.2) is 50.4 Å². The third-order valence-corrected chi connectivity index (χ3v) is 4.16. The third kappa shape index (κ3) is 3.72. The Morgan fingerprint density at radius 3 is 2.85 bits per heavy atom. The van der Waals surface area contributed by atoms with Crippen molar-refractivity contribution < 1.29 is 9.47 Å². The SMILES string of the molecule is COc1ccccc1CC(C)N(C)CC1(N)CCOC1. The third-order valence-electron chi connectivity index (χ3n) is 4.16. The molecule has 112 valence electrons. The first-order valence-electron chi connectivity index (χ1n) is 7.23. The van der Waals surface area contributed by atoms with Crippen LogP contribution in [0.25, 0.3) is 0 Å². The predicted molar refractivity (Wildman–Crippen MR) is 81.1 cm³/mol. The van der Waals surface area contributed by atoms with E-state index in [2.05, 4.69) is 31.0 Å². The summed E-state index contributed by atoms with van der Waals surface area (Å²) in [6, 6.07) is 8.60. The van der Waals surface area contributed by atoms with Crippen LogP contribution < -0.4 is 10.5 Å². The Morgan fingerprint density at radius 2 is 2.20 bits per heavy atom. The summed E-state index contributed by atoms with van der Waals surface area (Å²) in [4.78, 5) is 2.32. The molecular formula is C16H26N2O2. The van der Waals surface area contributed by atoms with Crippen LogP contribution in [0.2, 0.25) is 0 Å². The second kappa shape index (κ2) is 6.57. The molecule has 0 saturated carbocycles. The maximum Gasteiger partial charge on any atom is 0.122 e. The molecule has 1 aliphatic heterocycles. The molecule has 0 spiro atoms. The molecule has 0 aromatic heterocycles. The number of hydrogen-bond acceptors (Lipinski definition) is 4. The molecule has 0 radical (unpaired) electrons. The number of hydrogen-bond donors (Lipinski definition) is 1. The maximum absolute atomic E-state index is 6.36. The van der Waals surface area contributed by atoms with Gasteiger partial charge in [-0.25, -0.2) is 0 Å². The second-order valence-electron chi connectivity index (χ2n) is 5.95. The molecule has 1 fully saturated rings. The predicted octanol–water partition coefficient (Wildman–Crippen LogP) is 1.68. The Hall–Kier alpha value is -1.10. The molecule has 1 saturated heterocycles. The van der Waals surface area contributed by atoms with Crippen molar-refractivity contribution in [1.29, 1.82) is 0 Å². The van der Waals surface area contributed by atoms with Gasteiger partial charge in [0.05, 0.1) is 19.3 Å². The molecule has 2 atom stereocenters. The van der Waals surface area contributed by atoms with Gasteiger partial charge in [0.25, 0.3) is 0 Å². The molecule has 1 heterocycles. The maximum atomic E-state index is 6.36. The Labute approximate surface area is 121 Å². The Kier molecular flexibility index (Phi) is 5.02. The molecule has 1 aromatic carbocycles. The van der Waals surface area contributed by atoms with E-state index in [1.807, 2.05) is 12.1 Å². The first-order chi connectivity index (χ1) is 9.54. The minimum Gasteiger partial charge on any atom is -0.496 e. The lowest BCUT2D eigenvalue weighted by molar-refractivity contribution is 0.148. The van der Waals surface area contributed by atoms with Crippen LogP contribution in [0.3, 0.4) is 0 Å². The van der Waals surface area contributed by atoms with Gasteiger partial charge in [-0.15, -0.1) is 0 Å². The van der Waals surface area contributed by atoms with Crippen molar-refractivity contribution in [1.82, 2.24) is 4.90 Å². The molecule has 4 nitrogen and oxygen atoms in total. The molecule has 0 aliphatic carbocycles. The highest BCUT2D eigenvalue weighted by molar-refractivity contribution is 5.33. The first kappa shape index (κ1) is 15.3. The Bertz CT molecular complexity index is 430. The van der Waals surface area contributed by atoms with E-state index < -0.39 is 0 Å². The van der Waals surface area contributed by atoms with Crippen LogP contribution >= 0.6 is 0 Å². The van der Waals surface area contributed by atoms with Crippen LogP contribution in [0.5, 0.6) is 5.75 Å². The summed E-state index contributed by atoms with van der Waals surface area (Å²) in [6.45, 7) is 4.54. The zero-order valence-electron chi connectivity index (χ0n) is 12.8. The molecule has 0 bridgehead atoms. The number of ether oxygens (including phenoxy) is 2. The highest BCUT2D eigenvalue weighted by atomic mass is 16.5. The van der Waals surface area contributed by atoms with Gasteiger partial charge in [0.1, 0.15) is 5.75 Å². The van der Waals surface area contributed by atoms with E-state index in [0.29, 0.717) is 12.6 Å². The van der Waals surface area contributed by atoms with Crippen LogP contribution in [0.15, 0.2) is 24.3 Å². The first-order valence-corrected chi connectivity index (χ1v) is 7.23. The summed E-state index contributed by atoms with van der Waals surface area (Å²) >= 11 is 0. The highest BCUT2D eigenvalue weighted by Gasteiger charge is 2.32. The molecule has 20 heavy (non-hydrogen) atoms. The smallest absolute Gasteiger partial charge is 0.122 e. The normalized spacial score (nSPS) is 24.1. The van der Waals surface area contributed by atoms with Gasteiger partial charge < -0.3 is 20.1 Å². The van der Waals surface area contributed by atoms with E-state index in [0.717, 1.165) is 31.7 Å². The fourth-order valence-electron chi connectivity index (χ4n) is 2.75. The number of methoxy groups -OCH3 is 1. The number of nitrogens with two attached hydrogens (primary N) is 1. The summed E-state index contributed by atoms with van der Waals surface area (Å²) in [5, 5.41) is 0. The summed E-state index contributed by atoms with van der Waals surface area (Å²) in [7, 11) is 3.85. The van der Waals surface area contributed by atoms with Gasteiger partial charge in [0, 0.05) is 19.2 Å². The molecule has 2 unspecified atom stereocenters. The quantitative estimate of drug-likeness (QED) is 0.860. The van der Waals surface area contributed by atoms with E-state index in [4.69, 9.17) is 15.2 Å². The standard InChI is InChI=1S/C16H26N2O2/c1-13(10-14-6-4-5-7-15(14)19-3)18(2)11-16(17)8-9-20-12-16/h4-7,13H,8-12,17H2,1-3H3. The largest absolute Gasteiger partial charge is 0.496 e. The number of rotatable bonds is 6.